The van der Waals surface area contributed by atoms with Crippen LogP contribution in [0.3, 0.4) is 0 Å². The van der Waals surface area contributed by atoms with Gasteiger partial charge in [0.1, 0.15) is 11.8 Å². The van der Waals surface area contributed by atoms with Gasteiger partial charge in [-0.2, -0.15) is 0 Å². The van der Waals surface area contributed by atoms with Crippen molar-refractivity contribution in [1.82, 2.24) is 0 Å². The van der Waals surface area contributed by atoms with Crippen LogP contribution in [0.5, 0.6) is 5.75 Å². The van der Waals surface area contributed by atoms with Gasteiger partial charge in [-0.1, -0.05) is 18.2 Å². The molecule has 16 heavy (non-hydrogen) atoms. The zero-order valence-electron chi connectivity index (χ0n) is 8.63. The van der Waals surface area contributed by atoms with Gasteiger partial charge in [0.15, 0.2) is 0 Å². The summed E-state index contributed by atoms with van der Waals surface area (Å²) < 4.78 is 4.96. The summed E-state index contributed by atoms with van der Waals surface area (Å²) in [7, 11) is 0. The number of esters is 1. The quantitative estimate of drug-likeness (QED) is 0.568. The van der Waals surface area contributed by atoms with Gasteiger partial charge in [0, 0.05) is 6.42 Å². The number of carboxylic acid groups (broad SMARTS) is 1. The van der Waals surface area contributed by atoms with Crippen LogP contribution in [-0.4, -0.2) is 23.1 Å². The number of hydrogen-bond donors (Lipinski definition) is 2. The number of carbonyl (C=O) groups excluding carboxylic acids is 1. The standard InChI is InChI=1S/C11H13NO4/c12-9(11(14)15)6-7-10(13)16-8-4-2-1-3-5-8/h1-5,9H,6-7,12H2,(H,14,15)/t9-/m0/s1. The minimum atomic E-state index is -1.12. The molecule has 1 aromatic rings. The number of carboxylic acids is 1. The second-order valence-corrected chi connectivity index (χ2v) is 3.27. The van der Waals surface area contributed by atoms with E-state index in [1.54, 1.807) is 30.3 Å². The molecule has 0 aliphatic heterocycles. The average molecular weight is 223 g/mol. The van der Waals surface area contributed by atoms with E-state index in [-0.39, 0.29) is 12.8 Å². The number of carbonyl (C=O) groups is 2. The van der Waals surface area contributed by atoms with Gasteiger partial charge in [0.05, 0.1) is 0 Å². The molecule has 0 unspecified atom stereocenters. The van der Waals surface area contributed by atoms with Crippen LogP contribution in [0.2, 0.25) is 0 Å². The van der Waals surface area contributed by atoms with Gasteiger partial charge in [-0.15, -0.1) is 0 Å². The van der Waals surface area contributed by atoms with Crippen molar-refractivity contribution in [2.24, 2.45) is 5.73 Å². The monoisotopic (exact) mass is 223 g/mol. The zero-order chi connectivity index (χ0) is 12.0. The summed E-state index contributed by atoms with van der Waals surface area (Å²) in [6, 6.07) is 7.56. The summed E-state index contributed by atoms with van der Waals surface area (Å²) in [4.78, 5) is 21.7. The number of rotatable bonds is 5. The van der Waals surface area contributed by atoms with E-state index < -0.39 is 18.0 Å². The van der Waals surface area contributed by atoms with Crippen molar-refractivity contribution < 1.29 is 19.4 Å². The van der Waals surface area contributed by atoms with Crippen molar-refractivity contribution in [3.63, 3.8) is 0 Å². The Morgan fingerprint density at radius 1 is 1.31 bits per heavy atom. The number of nitrogens with two attached hydrogens (primary N) is 1. The predicted molar refractivity (Wildman–Crippen MR) is 56.9 cm³/mol. The van der Waals surface area contributed by atoms with Crippen LogP contribution in [-0.2, 0) is 9.59 Å². The molecule has 0 amide bonds. The minimum absolute atomic E-state index is 0.0115. The molecule has 0 aromatic heterocycles. The highest BCUT2D eigenvalue weighted by Crippen LogP contribution is 2.10. The van der Waals surface area contributed by atoms with Crippen molar-refractivity contribution in [2.45, 2.75) is 18.9 Å². The van der Waals surface area contributed by atoms with Crippen molar-refractivity contribution in [1.29, 1.82) is 0 Å². The minimum Gasteiger partial charge on any atom is -0.480 e. The van der Waals surface area contributed by atoms with E-state index in [0.29, 0.717) is 5.75 Å². The first-order valence-corrected chi connectivity index (χ1v) is 4.83. The van der Waals surface area contributed by atoms with E-state index in [4.69, 9.17) is 15.6 Å². The molecule has 1 atom stereocenters. The molecule has 0 bridgehead atoms. The molecule has 5 nitrogen and oxygen atoms in total. The summed E-state index contributed by atoms with van der Waals surface area (Å²) in [5.74, 6) is -1.16. The fourth-order valence-corrected chi connectivity index (χ4v) is 1.07. The highest BCUT2D eigenvalue weighted by Gasteiger charge is 2.14. The third kappa shape index (κ3) is 4.10. The molecule has 0 spiro atoms. The lowest BCUT2D eigenvalue weighted by molar-refractivity contribution is -0.139. The molecule has 0 saturated heterocycles. The van der Waals surface area contributed by atoms with Gasteiger partial charge in [-0.3, -0.25) is 9.59 Å². The molecule has 0 saturated carbocycles. The van der Waals surface area contributed by atoms with Crippen LogP contribution in [0.1, 0.15) is 12.8 Å². The maximum atomic E-state index is 11.3. The maximum Gasteiger partial charge on any atom is 0.320 e. The van der Waals surface area contributed by atoms with Gasteiger partial charge >= 0.3 is 11.9 Å². The van der Waals surface area contributed by atoms with Gasteiger partial charge in [-0.05, 0) is 18.6 Å². The lowest BCUT2D eigenvalue weighted by atomic mass is 10.2. The Morgan fingerprint density at radius 3 is 2.50 bits per heavy atom. The normalized spacial score (nSPS) is 11.8. The third-order valence-corrected chi connectivity index (χ3v) is 1.95. The van der Waals surface area contributed by atoms with Crippen LogP contribution >= 0.6 is 0 Å². The van der Waals surface area contributed by atoms with Crippen molar-refractivity contribution in [3.05, 3.63) is 30.3 Å². The first-order valence-electron chi connectivity index (χ1n) is 4.83. The Morgan fingerprint density at radius 2 is 1.94 bits per heavy atom. The van der Waals surface area contributed by atoms with Crippen molar-refractivity contribution in [2.75, 3.05) is 0 Å². The SMILES string of the molecule is N[C@@H](CCC(=O)Oc1ccccc1)C(=O)O. The van der Waals surface area contributed by atoms with E-state index in [1.165, 1.54) is 0 Å². The molecule has 1 aromatic carbocycles. The maximum absolute atomic E-state index is 11.3. The number of para-hydroxylation sites is 1. The molecule has 86 valence electrons. The highest BCUT2D eigenvalue weighted by atomic mass is 16.5. The zero-order valence-corrected chi connectivity index (χ0v) is 8.63. The lowest BCUT2D eigenvalue weighted by Gasteiger charge is -2.06. The number of benzene rings is 1. The van der Waals surface area contributed by atoms with Gasteiger partial charge in [-0.25, -0.2) is 0 Å². The molecular weight excluding hydrogens is 210 g/mol. The molecule has 0 radical (unpaired) electrons. The van der Waals surface area contributed by atoms with E-state index in [2.05, 4.69) is 0 Å². The van der Waals surface area contributed by atoms with E-state index in [0.717, 1.165) is 0 Å². The number of ether oxygens (including phenoxy) is 1. The Bertz CT molecular complexity index is 364. The topological polar surface area (TPSA) is 89.6 Å². The number of aliphatic carboxylic acids is 1. The van der Waals surface area contributed by atoms with Crippen LogP contribution < -0.4 is 10.5 Å². The molecule has 0 aliphatic carbocycles. The Labute approximate surface area is 92.8 Å². The van der Waals surface area contributed by atoms with Gasteiger partial charge in [0.25, 0.3) is 0 Å². The molecular formula is C11H13NO4. The first kappa shape index (κ1) is 12.2. The van der Waals surface area contributed by atoms with E-state index in [1.807, 2.05) is 0 Å². The Hall–Kier alpha value is -1.88. The van der Waals surface area contributed by atoms with Gasteiger partial charge in [0.2, 0.25) is 0 Å². The molecule has 0 aliphatic rings. The lowest BCUT2D eigenvalue weighted by Crippen LogP contribution is -2.31. The fourth-order valence-electron chi connectivity index (χ4n) is 1.07. The molecule has 3 N–H and O–H groups in total. The van der Waals surface area contributed by atoms with Crippen LogP contribution in [0.25, 0.3) is 0 Å². The number of hydrogen-bond acceptors (Lipinski definition) is 4. The molecule has 0 heterocycles. The van der Waals surface area contributed by atoms with E-state index in [9.17, 15) is 9.59 Å². The molecule has 1 rings (SSSR count). The summed E-state index contributed by atoms with van der Waals surface area (Å²) in [6.45, 7) is 0. The van der Waals surface area contributed by atoms with Crippen LogP contribution in [0, 0.1) is 0 Å². The summed E-state index contributed by atoms with van der Waals surface area (Å²) in [5, 5.41) is 8.51. The predicted octanol–water partition coefficient (Wildman–Crippen LogP) is 0.784. The molecule has 5 heteroatoms. The van der Waals surface area contributed by atoms with Gasteiger partial charge < -0.3 is 15.6 Å². The second kappa shape index (κ2) is 5.87. The van der Waals surface area contributed by atoms with Crippen LogP contribution in [0.4, 0.5) is 0 Å². The highest BCUT2D eigenvalue weighted by molar-refractivity contribution is 5.76. The Kier molecular flexibility index (Phi) is 4.47. The Balaban J connectivity index is 2.35. The fraction of sp³-hybridized carbons (Fsp3) is 0.273. The smallest absolute Gasteiger partial charge is 0.320 e. The summed E-state index contributed by atoms with van der Waals surface area (Å²) >= 11 is 0. The molecule has 0 fully saturated rings. The average Bonchev–Trinajstić information content (AvgIpc) is 2.27. The third-order valence-electron chi connectivity index (χ3n) is 1.95. The van der Waals surface area contributed by atoms with Crippen molar-refractivity contribution in [3.8, 4) is 5.75 Å². The first-order chi connectivity index (χ1) is 7.59. The second-order valence-electron chi connectivity index (χ2n) is 3.27. The van der Waals surface area contributed by atoms with Crippen molar-refractivity contribution >= 4 is 11.9 Å². The summed E-state index contributed by atoms with van der Waals surface area (Å²) in [5.41, 5.74) is 5.25. The summed E-state index contributed by atoms with van der Waals surface area (Å²) in [6.07, 6.45) is 0.0589. The van der Waals surface area contributed by atoms with E-state index >= 15 is 0 Å². The van der Waals surface area contributed by atoms with Crippen LogP contribution in [0.15, 0.2) is 30.3 Å². The largest absolute Gasteiger partial charge is 0.480 e.